The molecule has 1 spiro atoms. The number of rotatable bonds is 24. The Bertz CT molecular complexity index is 2010. The zero-order valence-corrected chi connectivity index (χ0v) is 42.4. The summed E-state index contributed by atoms with van der Waals surface area (Å²) < 4.78 is 45.6. The molecule has 0 amide bonds. The Morgan fingerprint density at radius 1 is 0.912 bits per heavy atom. The minimum atomic E-state index is -1.06. The number of carbonyl (C=O) groups excluding carboxylic acids is 5. The van der Waals surface area contributed by atoms with Crippen molar-refractivity contribution in [1.82, 2.24) is 4.90 Å². The largest absolute Gasteiger partial charge is 0.516 e. The number of ether oxygens (including phenoxy) is 8. The summed E-state index contributed by atoms with van der Waals surface area (Å²) in [5.41, 5.74) is -0.295. The van der Waals surface area contributed by atoms with Gasteiger partial charge in [-0.1, -0.05) is 86.1 Å². The summed E-state index contributed by atoms with van der Waals surface area (Å²) in [5, 5.41) is 12.6. The number of nitrogens with zero attached hydrogens (tertiary/aromatic N) is 1. The number of benzene rings is 1. The van der Waals surface area contributed by atoms with Gasteiger partial charge in [-0.15, -0.1) is 0 Å². The van der Waals surface area contributed by atoms with E-state index in [1.807, 2.05) is 19.9 Å². The molecule has 10 atom stereocenters. The number of esters is 4. The van der Waals surface area contributed by atoms with Gasteiger partial charge < -0.3 is 43.0 Å². The van der Waals surface area contributed by atoms with Crippen molar-refractivity contribution >= 4 is 30.0 Å². The molecule has 4 aliphatic carbocycles. The second-order valence-electron chi connectivity index (χ2n) is 22.4. The van der Waals surface area contributed by atoms with E-state index in [0.29, 0.717) is 18.2 Å². The quantitative estimate of drug-likeness (QED) is 0.0343. The third-order valence-electron chi connectivity index (χ3n) is 17.3. The zero-order valence-electron chi connectivity index (χ0n) is 42.4. The molecule has 0 radical (unpaired) electrons. The van der Waals surface area contributed by atoms with Crippen LogP contribution in [0.4, 0.5) is 4.79 Å². The molecule has 380 valence electrons. The standard InChI is InChI=1S/C53H79NO14/c1-11-51-27-40(50(9,60)49(6,7)8)53(61-10)45-46(53)68-44-39(22-21-37-26-41(51)54(28-36-19-20-36)24-23-52(45,51)43(37)44)67-48(59)65-31-64-47(58)33(3)18-16-14-12-13-15-17-32(2)25-42(57)66-38(29-62-34(4)55)30-63-35(5)56/h21-22,32-33,36,38,40-41,45-46,60H,11-20,23-31H2,1-10H3/t32?,33?,40-,41?,45-,46+,50+,51-,52+,53+/m1/s1. The fourth-order valence-corrected chi connectivity index (χ4v) is 13.1. The van der Waals surface area contributed by atoms with Gasteiger partial charge in [-0.25, -0.2) is 4.79 Å². The number of carbonyl (C=O) groups is 5. The SMILES string of the molecule is CC[C@]12C[C@H]([C@](C)(O)C(C)(C)C)[C@@]3(OC)[C@H]4Oc5c(OC(=O)OCOC(=O)C(C)CCCCCCCC(C)CC(=O)OC(COC(C)=O)COC(C)=O)ccc6c5[C@@]1(CCN(CC1CC1)C2C6)[C@@H]43. The summed E-state index contributed by atoms with van der Waals surface area (Å²) >= 11 is 0. The molecule has 1 N–H and O–H groups in total. The van der Waals surface area contributed by atoms with Crippen molar-refractivity contribution in [3.8, 4) is 11.5 Å². The second kappa shape index (κ2) is 20.4. The van der Waals surface area contributed by atoms with Crippen LogP contribution in [0.2, 0.25) is 0 Å². The molecule has 2 aliphatic heterocycles. The summed E-state index contributed by atoms with van der Waals surface area (Å²) in [6, 6.07) is 4.22. The van der Waals surface area contributed by atoms with Crippen molar-refractivity contribution in [3.05, 3.63) is 23.3 Å². The smallest absolute Gasteiger partial charge is 0.483 e. The molecular formula is C53H79NO14. The molecule has 1 aromatic rings. The Morgan fingerprint density at radius 2 is 1.57 bits per heavy atom. The highest BCUT2D eigenvalue weighted by Crippen LogP contribution is 2.82. The molecule has 15 heteroatoms. The Morgan fingerprint density at radius 3 is 2.19 bits per heavy atom. The van der Waals surface area contributed by atoms with Crippen LogP contribution in [0, 0.1) is 40.4 Å². The second-order valence-corrected chi connectivity index (χ2v) is 22.4. The van der Waals surface area contributed by atoms with E-state index >= 15 is 0 Å². The molecule has 15 nitrogen and oxygen atoms in total. The van der Waals surface area contributed by atoms with Crippen LogP contribution < -0.4 is 9.47 Å². The van der Waals surface area contributed by atoms with Crippen LogP contribution in [0.3, 0.4) is 0 Å². The number of unbranched alkanes of at least 4 members (excludes halogenated alkanes) is 4. The Kier molecular flexibility index (Phi) is 15.6. The van der Waals surface area contributed by atoms with Gasteiger partial charge in [-0.05, 0) is 92.7 Å². The average molecular weight is 954 g/mol. The number of methoxy groups -OCH3 is 1. The fraction of sp³-hybridized carbons (Fsp3) is 0.792. The molecular weight excluding hydrogens is 875 g/mol. The predicted molar refractivity (Wildman–Crippen MR) is 250 cm³/mol. The predicted octanol–water partition coefficient (Wildman–Crippen LogP) is 8.40. The van der Waals surface area contributed by atoms with Crippen molar-refractivity contribution in [2.45, 2.75) is 187 Å². The van der Waals surface area contributed by atoms with Crippen LogP contribution in [-0.2, 0) is 59.4 Å². The maximum atomic E-state index is 13.3. The molecule has 3 unspecified atom stereocenters. The fourth-order valence-electron chi connectivity index (χ4n) is 13.1. The van der Waals surface area contributed by atoms with E-state index in [4.69, 9.17) is 37.9 Å². The van der Waals surface area contributed by atoms with Crippen LogP contribution in [0.5, 0.6) is 11.5 Å². The molecule has 2 bridgehead atoms. The molecule has 3 saturated carbocycles. The van der Waals surface area contributed by atoms with E-state index in [1.165, 1.54) is 32.3 Å². The lowest BCUT2D eigenvalue weighted by molar-refractivity contribution is -0.214. The first-order valence-corrected chi connectivity index (χ1v) is 25.5. The number of aliphatic hydroxyl groups is 1. The van der Waals surface area contributed by atoms with Gasteiger partial charge >= 0.3 is 30.0 Å². The van der Waals surface area contributed by atoms with Gasteiger partial charge in [-0.3, -0.25) is 24.1 Å². The highest BCUT2D eigenvalue weighted by atomic mass is 16.8. The highest BCUT2D eigenvalue weighted by molar-refractivity contribution is 5.73. The van der Waals surface area contributed by atoms with E-state index in [1.54, 1.807) is 14.0 Å². The highest BCUT2D eigenvalue weighted by Gasteiger charge is 2.90. The third-order valence-corrected chi connectivity index (χ3v) is 17.3. The van der Waals surface area contributed by atoms with Crippen LogP contribution in [-0.4, -0.2) is 110 Å². The average Bonchev–Trinajstić information content (AvgIpc) is 4.21. The third kappa shape index (κ3) is 9.87. The minimum Gasteiger partial charge on any atom is -0.483 e. The first-order valence-electron chi connectivity index (χ1n) is 25.5. The first kappa shape index (κ1) is 51.9. The van der Waals surface area contributed by atoms with E-state index < -0.39 is 59.5 Å². The van der Waals surface area contributed by atoms with Gasteiger partial charge in [0.1, 0.15) is 24.9 Å². The van der Waals surface area contributed by atoms with Gasteiger partial charge in [0.2, 0.25) is 6.79 Å². The molecule has 68 heavy (non-hydrogen) atoms. The van der Waals surface area contributed by atoms with Crippen molar-refractivity contribution in [2.24, 2.45) is 40.4 Å². The molecule has 1 aromatic carbocycles. The van der Waals surface area contributed by atoms with Crippen LogP contribution in [0.15, 0.2) is 12.1 Å². The van der Waals surface area contributed by atoms with Crippen LogP contribution in [0.25, 0.3) is 0 Å². The summed E-state index contributed by atoms with van der Waals surface area (Å²) in [7, 11) is 1.77. The summed E-state index contributed by atoms with van der Waals surface area (Å²) in [6.07, 6.45) is 10.3. The molecule has 2 heterocycles. The monoisotopic (exact) mass is 954 g/mol. The van der Waals surface area contributed by atoms with E-state index in [9.17, 15) is 29.1 Å². The molecule has 6 aliphatic rings. The molecule has 4 fully saturated rings. The van der Waals surface area contributed by atoms with E-state index in [0.717, 1.165) is 88.8 Å². The number of piperidine rings is 1. The van der Waals surface area contributed by atoms with Gasteiger partial charge in [-0.2, -0.15) is 0 Å². The van der Waals surface area contributed by atoms with Crippen molar-refractivity contribution in [1.29, 1.82) is 0 Å². The first-order chi connectivity index (χ1) is 32.2. The number of fused-ring (bicyclic) bond motifs is 1. The zero-order chi connectivity index (χ0) is 49.4. The van der Waals surface area contributed by atoms with Gasteiger partial charge in [0.25, 0.3) is 0 Å². The summed E-state index contributed by atoms with van der Waals surface area (Å²) in [6.45, 7) is 18.1. The van der Waals surface area contributed by atoms with Crippen molar-refractivity contribution in [3.63, 3.8) is 0 Å². The van der Waals surface area contributed by atoms with Gasteiger partial charge in [0.15, 0.2) is 17.6 Å². The Hall–Kier alpha value is -3.95. The number of hydrogen-bond acceptors (Lipinski definition) is 15. The van der Waals surface area contributed by atoms with E-state index in [2.05, 4.69) is 38.7 Å². The van der Waals surface area contributed by atoms with Gasteiger partial charge in [0.05, 0.1) is 11.5 Å². The Balaban J connectivity index is 0.892. The maximum Gasteiger partial charge on any atom is 0.516 e. The lowest BCUT2D eigenvalue weighted by atomic mass is 9.39. The molecule has 7 rings (SSSR count). The van der Waals surface area contributed by atoms with Crippen molar-refractivity contribution < 1.29 is 67.0 Å². The molecule has 1 saturated heterocycles. The van der Waals surface area contributed by atoms with Crippen LogP contribution in [0.1, 0.15) is 157 Å². The minimum absolute atomic E-state index is 0.0386. The summed E-state index contributed by atoms with van der Waals surface area (Å²) in [4.78, 5) is 63.9. The lowest BCUT2D eigenvalue weighted by Crippen LogP contribution is -2.73. The van der Waals surface area contributed by atoms with Gasteiger partial charge in [0, 0.05) is 62.8 Å². The number of likely N-dealkylation sites (tertiary alicyclic amines) is 1. The van der Waals surface area contributed by atoms with E-state index in [-0.39, 0.29) is 66.0 Å². The topological polar surface area (TPSA) is 183 Å². The summed E-state index contributed by atoms with van der Waals surface area (Å²) in [5.74, 6) is -0.783. The lowest BCUT2D eigenvalue weighted by Gasteiger charge is -2.69. The maximum absolute atomic E-state index is 13.3. The normalized spacial score (nSPS) is 29.3. The van der Waals surface area contributed by atoms with Crippen molar-refractivity contribution in [2.75, 3.05) is 40.2 Å². The molecule has 0 aromatic heterocycles. The Labute approximate surface area is 403 Å². The van der Waals surface area contributed by atoms with Crippen LogP contribution >= 0.6 is 0 Å². The number of hydrogen-bond donors (Lipinski definition) is 1.